The van der Waals surface area contributed by atoms with E-state index in [4.69, 9.17) is 5.73 Å². The van der Waals surface area contributed by atoms with Crippen molar-refractivity contribution in [3.05, 3.63) is 78.1 Å². The van der Waals surface area contributed by atoms with Crippen molar-refractivity contribution < 1.29 is 13.2 Å². The van der Waals surface area contributed by atoms with Crippen LogP contribution in [-0.2, 0) is 11.7 Å². The summed E-state index contributed by atoms with van der Waals surface area (Å²) in [6.45, 7) is 3.95. The van der Waals surface area contributed by atoms with E-state index in [1.165, 1.54) is 18.0 Å². The molecule has 0 amide bonds. The Bertz CT molecular complexity index is 971. The van der Waals surface area contributed by atoms with Gasteiger partial charge in [0.15, 0.2) is 0 Å². The van der Waals surface area contributed by atoms with E-state index < -0.39 is 17.3 Å². The molecule has 0 atom stereocenters. The summed E-state index contributed by atoms with van der Waals surface area (Å²) < 4.78 is 42.0. The standard InChI is InChI=1S/C21H20F3N3S/c1-20(2,27-28-17-8-4-7-16(12-17)21(22,23)24)15-6-3-5-14(11-15)18-9-10-26-13-19(18)25/h3-13,27H,25H2,1-2H3. The van der Waals surface area contributed by atoms with Crippen LogP contribution in [0.1, 0.15) is 25.0 Å². The summed E-state index contributed by atoms with van der Waals surface area (Å²) in [4.78, 5) is 4.51. The Kier molecular flexibility index (Phi) is 5.67. The lowest BCUT2D eigenvalue weighted by atomic mass is 9.92. The summed E-state index contributed by atoms with van der Waals surface area (Å²) in [5.74, 6) is 0. The predicted molar refractivity (Wildman–Crippen MR) is 108 cm³/mol. The van der Waals surface area contributed by atoms with Crippen LogP contribution in [0.4, 0.5) is 18.9 Å². The van der Waals surface area contributed by atoms with Crippen LogP contribution in [0.3, 0.4) is 0 Å². The number of anilines is 1. The Balaban J connectivity index is 1.80. The maximum Gasteiger partial charge on any atom is 0.416 e. The van der Waals surface area contributed by atoms with Gasteiger partial charge in [0.25, 0.3) is 0 Å². The third-order valence-electron chi connectivity index (χ3n) is 4.33. The summed E-state index contributed by atoms with van der Waals surface area (Å²) in [5.41, 5.74) is 8.29. The van der Waals surface area contributed by atoms with E-state index in [0.29, 0.717) is 10.6 Å². The lowest BCUT2D eigenvalue weighted by Gasteiger charge is -2.27. The van der Waals surface area contributed by atoms with Crippen LogP contribution in [-0.4, -0.2) is 4.98 Å². The monoisotopic (exact) mass is 403 g/mol. The molecule has 3 rings (SSSR count). The van der Waals surface area contributed by atoms with Crippen LogP contribution in [0.25, 0.3) is 11.1 Å². The highest BCUT2D eigenvalue weighted by Crippen LogP contribution is 2.34. The number of halogens is 3. The number of nitrogens with zero attached hydrogens (tertiary/aromatic N) is 1. The number of nitrogens with one attached hydrogen (secondary N) is 1. The zero-order valence-electron chi connectivity index (χ0n) is 15.4. The van der Waals surface area contributed by atoms with E-state index >= 15 is 0 Å². The van der Waals surface area contributed by atoms with Crippen molar-refractivity contribution in [2.75, 3.05) is 5.73 Å². The van der Waals surface area contributed by atoms with Crippen LogP contribution in [0.2, 0.25) is 0 Å². The van der Waals surface area contributed by atoms with Crippen molar-refractivity contribution in [1.29, 1.82) is 0 Å². The quantitative estimate of drug-likeness (QED) is 0.522. The summed E-state index contributed by atoms with van der Waals surface area (Å²) in [5, 5.41) is 0. The van der Waals surface area contributed by atoms with Crippen LogP contribution >= 0.6 is 11.9 Å². The van der Waals surface area contributed by atoms with Crippen molar-refractivity contribution >= 4 is 17.6 Å². The van der Waals surface area contributed by atoms with Gasteiger partial charge in [-0.2, -0.15) is 13.2 Å². The average molecular weight is 403 g/mol. The third-order valence-corrected chi connectivity index (χ3v) is 5.43. The number of benzene rings is 2. The molecule has 0 aliphatic carbocycles. The Morgan fingerprint density at radius 3 is 2.39 bits per heavy atom. The van der Waals surface area contributed by atoms with E-state index in [-0.39, 0.29) is 0 Å². The summed E-state index contributed by atoms with van der Waals surface area (Å²) in [6, 6.07) is 15.0. The summed E-state index contributed by atoms with van der Waals surface area (Å²) >= 11 is 1.17. The fraction of sp³-hybridized carbons (Fsp3) is 0.190. The number of pyridine rings is 1. The molecule has 28 heavy (non-hydrogen) atoms. The first kappa shape index (κ1) is 20.2. The fourth-order valence-corrected chi connectivity index (χ4v) is 3.55. The second-order valence-electron chi connectivity index (χ2n) is 6.90. The lowest BCUT2D eigenvalue weighted by Crippen LogP contribution is -2.31. The Hall–Kier alpha value is -2.51. The largest absolute Gasteiger partial charge is 0.416 e. The van der Waals surface area contributed by atoms with Gasteiger partial charge in [-0.1, -0.05) is 24.3 Å². The van der Waals surface area contributed by atoms with Gasteiger partial charge in [0, 0.05) is 22.2 Å². The highest BCUT2D eigenvalue weighted by Gasteiger charge is 2.30. The SMILES string of the molecule is CC(C)(NSc1cccc(C(F)(F)F)c1)c1cccc(-c2ccncc2N)c1. The Morgan fingerprint density at radius 2 is 1.68 bits per heavy atom. The summed E-state index contributed by atoms with van der Waals surface area (Å²) in [6.07, 6.45) is -1.06. The smallest absolute Gasteiger partial charge is 0.397 e. The van der Waals surface area contributed by atoms with Gasteiger partial charge >= 0.3 is 6.18 Å². The molecule has 0 saturated carbocycles. The van der Waals surface area contributed by atoms with Crippen LogP contribution in [0.5, 0.6) is 0 Å². The van der Waals surface area contributed by atoms with Crippen LogP contribution in [0, 0.1) is 0 Å². The first-order valence-corrected chi connectivity index (χ1v) is 9.40. The number of hydrogen-bond acceptors (Lipinski definition) is 4. The lowest BCUT2D eigenvalue weighted by molar-refractivity contribution is -0.137. The van der Waals surface area contributed by atoms with Crippen molar-refractivity contribution in [1.82, 2.24) is 9.71 Å². The number of nitrogen functional groups attached to an aromatic ring is 1. The molecule has 0 radical (unpaired) electrons. The highest BCUT2D eigenvalue weighted by atomic mass is 32.2. The van der Waals surface area contributed by atoms with Crippen molar-refractivity contribution in [3.63, 3.8) is 0 Å². The van der Waals surface area contributed by atoms with E-state index in [0.717, 1.165) is 28.8 Å². The Morgan fingerprint density at radius 1 is 0.964 bits per heavy atom. The molecule has 1 aromatic heterocycles. The summed E-state index contributed by atoms with van der Waals surface area (Å²) in [7, 11) is 0. The number of aromatic nitrogens is 1. The van der Waals surface area contributed by atoms with Gasteiger partial charge in [0.05, 0.1) is 17.4 Å². The number of nitrogens with two attached hydrogens (primary N) is 1. The van der Waals surface area contributed by atoms with Gasteiger partial charge in [-0.3, -0.25) is 4.98 Å². The van der Waals surface area contributed by atoms with E-state index in [1.54, 1.807) is 18.5 Å². The second-order valence-corrected chi connectivity index (χ2v) is 7.78. The molecular formula is C21H20F3N3S. The van der Waals surface area contributed by atoms with E-state index in [2.05, 4.69) is 9.71 Å². The molecule has 0 saturated heterocycles. The molecule has 7 heteroatoms. The molecule has 146 valence electrons. The first-order valence-electron chi connectivity index (χ1n) is 8.58. The highest BCUT2D eigenvalue weighted by molar-refractivity contribution is 7.97. The molecule has 3 nitrogen and oxygen atoms in total. The molecule has 3 N–H and O–H groups in total. The van der Waals surface area contributed by atoms with Gasteiger partial charge in [0.1, 0.15) is 0 Å². The van der Waals surface area contributed by atoms with Crippen molar-refractivity contribution in [2.45, 2.75) is 30.5 Å². The number of rotatable bonds is 5. The Labute approximate surface area is 166 Å². The number of hydrogen-bond donors (Lipinski definition) is 2. The van der Waals surface area contributed by atoms with Gasteiger partial charge < -0.3 is 5.73 Å². The second kappa shape index (κ2) is 7.85. The zero-order chi connectivity index (χ0) is 20.4. The molecular weight excluding hydrogens is 383 g/mol. The minimum absolute atomic E-state index is 0.489. The fourth-order valence-electron chi connectivity index (χ4n) is 2.73. The van der Waals surface area contributed by atoms with Gasteiger partial charge in [-0.15, -0.1) is 0 Å². The van der Waals surface area contributed by atoms with Crippen LogP contribution < -0.4 is 10.5 Å². The molecule has 0 aliphatic heterocycles. The molecule has 0 fully saturated rings. The van der Waals surface area contributed by atoms with Crippen molar-refractivity contribution in [3.8, 4) is 11.1 Å². The van der Waals surface area contributed by atoms with Crippen LogP contribution in [0.15, 0.2) is 71.9 Å². The van der Waals surface area contributed by atoms with E-state index in [1.807, 2.05) is 44.2 Å². The molecule has 1 heterocycles. The average Bonchev–Trinajstić information content (AvgIpc) is 2.66. The van der Waals surface area contributed by atoms with Gasteiger partial charge in [-0.05, 0) is 67.3 Å². The molecule has 3 aromatic rings. The van der Waals surface area contributed by atoms with E-state index in [9.17, 15) is 13.2 Å². The van der Waals surface area contributed by atoms with Gasteiger partial charge in [-0.25, -0.2) is 4.72 Å². The first-order chi connectivity index (χ1) is 13.2. The molecule has 0 bridgehead atoms. The predicted octanol–water partition coefficient (Wildman–Crippen LogP) is 5.88. The minimum atomic E-state index is -4.36. The maximum atomic E-state index is 12.9. The third kappa shape index (κ3) is 4.66. The topological polar surface area (TPSA) is 50.9 Å². The molecule has 2 aromatic carbocycles. The van der Waals surface area contributed by atoms with Crippen molar-refractivity contribution in [2.24, 2.45) is 0 Å². The normalized spacial score (nSPS) is 12.2. The molecule has 0 unspecified atom stereocenters. The molecule has 0 spiro atoms. The van der Waals surface area contributed by atoms with Gasteiger partial charge in [0.2, 0.25) is 0 Å². The zero-order valence-corrected chi connectivity index (χ0v) is 16.2. The minimum Gasteiger partial charge on any atom is -0.397 e. The maximum absolute atomic E-state index is 12.9. The molecule has 0 aliphatic rings. The number of alkyl halides is 3.